The van der Waals surface area contributed by atoms with E-state index in [9.17, 15) is 8.78 Å². The fraction of sp³-hybridized carbons (Fsp3) is 1.00. The van der Waals surface area contributed by atoms with Gasteiger partial charge in [-0.2, -0.15) is 0 Å². The second-order valence-electron chi connectivity index (χ2n) is 1.41. The van der Waals surface area contributed by atoms with E-state index in [0.717, 1.165) is 0 Å². The van der Waals surface area contributed by atoms with E-state index in [0.29, 0.717) is 0 Å². The van der Waals surface area contributed by atoms with Gasteiger partial charge in [0.25, 0.3) is 0 Å². The zero-order valence-electron chi connectivity index (χ0n) is 4.06. The largest absolute Gasteiger partial charge is 0.390 e. The second-order valence-corrected chi connectivity index (χ2v) is 1.41. The number of aliphatic hydroxyl groups excluding tert-OH is 1. The van der Waals surface area contributed by atoms with Crippen molar-refractivity contribution in [2.75, 3.05) is 6.67 Å². The molecule has 0 spiro atoms. The van der Waals surface area contributed by atoms with Crippen molar-refractivity contribution in [3.05, 3.63) is 0 Å². The summed E-state index contributed by atoms with van der Waals surface area (Å²) in [6.07, 6.45) is -2.88. The van der Waals surface area contributed by atoms with Gasteiger partial charge in [-0.05, 0) is 6.92 Å². The molecule has 2 atom stereocenters. The molecule has 1 N–H and O–H groups in total. The van der Waals surface area contributed by atoms with Gasteiger partial charge in [0.15, 0.2) is 6.17 Å². The Hall–Kier alpha value is -0.180. The quantitative estimate of drug-likeness (QED) is 0.554. The lowest BCUT2D eigenvalue weighted by Gasteiger charge is -2.03. The molecule has 0 radical (unpaired) electrons. The van der Waals surface area contributed by atoms with Crippen LogP contribution in [0.4, 0.5) is 8.78 Å². The lowest BCUT2D eigenvalue weighted by Crippen LogP contribution is -2.19. The van der Waals surface area contributed by atoms with Crippen LogP contribution < -0.4 is 0 Å². The van der Waals surface area contributed by atoms with Gasteiger partial charge in [-0.15, -0.1) is 0 Å². The third kappa shape index (κ3) is 2.51. The van der Waals surface area contributed by atoms with E-state index in [4.69, 9.17) is 5.11 Å². The SMILES string of the molecule is CC(O)C(F)CF. The van der Waals surface area contributed by atoms with E-state index in [-0.39, 0.29) is 0 Å². The number of alkyl halides is 2. The fourth-order valence-electron chi connectivity index (χ4n) is 0.129. The maximum atomic E-state index is 11.6. The van der Waals surface area contributed by atoms with E-state index in [1.54, 1.807) is 0 Å². The van der Waals surface area contributed by atoms with Crippen LogP contribution in [0.3, 0.4) is 0 Å². The molecule has 0 aliphatic heterocycles. The number of rotatable bonds is 2. The van der Waals surface area contributed by atoms with Crippen LogP contribution in [-0.4, -0.2) is 24.1 Å². The average Bonchev–Trinajstić information content (AvgIpc) is 1.65. The first-order valence-electron chi connectivity index (χ1n) is 2.06. The monoisotopic (exact) mass is 110 g/mol. The number of hydrogen-bond acceptors (Lipinski definition) is 1. The van der Waals surface area contributed by atoms with Gasteiger partial charge in [0.1, 0.15) is 6.67 Å². The molecule has 0 aromatic carbocycles. The standard InChI is InChI=1S/C4H8F2O/c1-3(7)4(6)2-5/h3-4,7H,2H2,1H3. The van der Waals surface area contributed by atoms with Crippen LogP contribution in [0.15, 0.2) is 0 Å². The molecule has 0 heterocycles. The molecule has 0 fully saturated rings. The molecule has 0 aromatic heterocycles. The molecule has 7 heavy (non-hydrogen) atoms. The summed E-state index contributed by atoms with van der Waals surface area (Å²) in [5.74, 6) is 0. The van der Waals surface area contributed by atoms with Crippen molar-refractivity contribution in [1.29, 1.82) is 0 Å². The Labute approximate surface area is 41.0 Å². The first-order valence-corrected chi connectivity index (χ1v) is 2.06. The van der Waals surface area contributed by atoms with Crippen molar-refractivity contribution in [1.82, 2.24) is 0 Å². The van der Waals surface area contributed by atoms with Crippen molar-refractivity contribution in [3.8, 4) is 0 Å². The molecule has 1 nitrogen and oxygen atoms in total. The Morgan fingerprint density at radius 3 is 2.14 bits per heavy atom. The molecule has 2 unspecified atom stereocenters. The summed E-state index contributed by atoms with van der Waals surface area (Å²) in [5, 5.41) is 8.21. The predicted octanol–water partition coefficient (Wildman–Crippen LogP) is 0.675. The maximum absolute atomic E-state index is 11.6. The number of hydrogen-bond donors (Lipinski definition) is 1. The van der Waals surface area contributed by atoms with Crippen LogP contribution in [-0.2, 0) is 0 Å². The van der Waals surface area contributed by atoms with Gasteiger partial charge in [0.2, 0.25) is 0 Å². The van der Waals surface area contributed by atoms with E-state index >= 15 is 0 Å². The normalized spacial score (nSPS) is 18.9. The van der Waals surface area contributed by atoms with Crippen molar-refractivity contribution < 1.29 is 13.9 Å². The predicted molar refractivity (Wildman–Crippen MR) is 22.6 cm³/mol. The average molecular weight is 110 g/mol. The highest BCUT2D eigenvalue weighted by Gasteiger charge is 2.10. The van der Waals surface area contributed by atoms with Gasteiger partial charge in [-0.25, -0.2) is 8.78 Å². The minimum Gasteiger partial charge on any atom is -0.390 e. The van der Waals surface area contributed by atoms with Crippen LogP contribution in [0.2, 0.25) is 0 Å². The molecule has 0 aromatic rings. The van der Waals surface area contributed by atoms with Crippen LogP contribution in [0.25, 0.3) is 0 Å². The van der Waals surface area contributed by atoms with Crippen molar-refractivity contribution >= 4 is 0 Å². The molecule has 0 saturated carbocycles. The second kappa shape index (κ2) is 2.91. The first-order chi connectivity index (χ1) is 3.18. The van der Waals surface area contributed by atoms with Gasteiger partial charge in [0.05, 0.1) is 6.10 Å². The van der Waals surface area contributed by atoms with Crippen LogP contribution in [0, 0.1) is 0 Å². The van der Waals surface area contributed by atoms with E-state index in [1.807, 2.05) is 0 Å². The Balaban J connectivity index is 3.14. The molecule has 0 aliphatic rings. The summed E-state index contributed by atoms with van der Waals surface area (Å²) in [6.45, 7) is 0.113. The van der Waals surface area contributed by atoms with Crippen LogP contribution in [0.5, 0.6) is 0 Å². The van der Waals surface area contributed by atoms with Gasteiger partial charge in [-0.3, -0.25) is 0 Å². The van der Waals surface area contributed by atoms with E-state index in [1.165, 1.54) is 6.92 Å². The maximum Gasteiger partial charge on any atom is 0.154 e. The zero-order chi connectivity index (χ0) is 5.86. The summed E-state index contributed by atoms with van der Waals surface area (Å²) < 4.78 is 22.7. The summed E-state index contributed by atoms with van der Waals surface area (Å²) in [4.78, 5) is 0. The number of aliphatic hydroxyl groups is 1. The molecule has 0 bridgehead atoms. The van der Waals surface area contributed by atoms with E-state index < -0.39 is 19.0 Å². The van der Waals surface area contributed by atoms with Crippen LogP contribution >= 0.6 is 0 Å². The summed E-state index contributed by atoms with van der Waals surface area (Å²) in [7, 11) is 0. The molecule has 0 aliphatic carbocycles. The molecule has 0 saturated heterocycles. The fourth-order valence-corrected chi connectivity index (χ4v) is 0.129. The van der Waals surface area contributed by atoms with Gasteiger partial charge in [-0.1, -0.05) is 0 Å². The topological polar surface area (TPSA) is 20.2 Å². The third-order valence-corrected chi connectivity index (χ3v) is 0.671. The third-order valence-electron chi connectivity index (χ3n) is 0.671. The van der Waals surface area contributed by atoms with Crippen molar-refractivity contribution in [2.24, 2.45) is 0 Å². The number of halogens is 2. The summed E-state index contributed by atoms with van der Waals surface area (Å²) in [6, 6.07) is 0. The lowest BCUT2D eigenvalue weighted by molar-refractivity contribution is 0.0762. The molecule has 44 valence electrons. The Morgan fingerprint density at radius 1 is 1.71 bits per heavy atom. The highest BCUT2D eigenvalue weighted by Crippen LogP contribution is 1.96. The van der Waals surface area contributed by atoms with E-state index in [2.05, 4.69) is 0 Å². The molecule has 0 amide bonds. The van der Waals surface area contributed by atoms with Crippen molar-refractivity contribution in [2.45, 2.75) is 19.2 Å². The Morgan fingerprint density at radius 2 is 2.14 bits per heavy atom. The molecular weight excluding hydrogens is 102 g/mol. The minimum atomic E-state index is -1.71. The zero-order valence-corrected chi connectivity index (χ0v) is 4.06. The molecule has 3 heteroatoms. The lowest BCUT2D eigenvalue weighted by atomic mass is 10.3. The van der Waals surface area contributed by atoms with Crippen molar-refractivity contribution in [3.63, 3.8) is 0 Å². The van der Waals surface area contributed by atoms with Gasteiger partial charge >= 0.3 is 0 Å². The highest BCUT2D eigenvalue weighted by molar-refractivity contribution is 4.58. The minimum absolute atomic E-state index is 1.10. The Kier molecular flexibility index (Phi) is 2.83. The smallest absolute Gasteiger partial charge is 0.154 e. The van der Waals surface area contributed by atoms with Crippen LogP contribution in [0.1, 0.15) is 6.92 Å². The molecular formula is C4H8F2O. The molecule has 0 rings (SSSR count). The Bertz CT molecular complexity index is 47.0. The summed E-state index contributed by atoms with van der Waals surface area (Å²) >= 11 is 0. The van der Waals surface area contributed by atoms with Gasteiger partial charge < -0.3 is 5.11 Å². The van der Waals surface area contributed by atoms with Gasteiger partial charge in [0, 0.05) is 0 Å². The highest BCUT2D eigenvalue weighted by atomic mass is 19.2. The summed E-state index contributed by atoms with van der Waals surface area (Å²) in [5.41, 5.74) is 0. The first kappa shape index (κ1) is 6.82.